The predicted octanol–water partition coefficient (Wildman–Crippen LogP) is 4.44. The van der Waals surface area contributed by atoms with Gasteiger partial charge in [-0.1, -0.05) is 38.3 Å². The van der Waals surface area contributed by atoms with E-state index < -0.39 is 0 Å². The van der Waals surface area contributed by atoms with Crippen molar-refractivity contribution in [3.05, 3.63) is 29.8 Å². The molecule has 1 aromatic rings. The van der Waals surface area contributed by atoms with Crippen molar-refractivity contribution < 1.29 is 9.84 Å². The molecule has 1 fully saturated rings. The third-order valence-electron chi connectivity index (χ3n) is 3.85. The first kappa shape index (κ1) is 13.4. The summed E-state index contributed by atoms with van der Waals surface area (Å²) in [7, 11) is 0. The van der Waals surface area contributed by atoms with E-state index in [0.29, 0.717) is 5.75 Å². The molecule has 2 nitrogen and oxygen atoms in total. The van der Waals surface area contributed by atoms with Gasteiger partial charge in [0.15, 0.2) is 0 Å². The Labute approximate surface area is 110 Å². The van der Waals surface area contributed by atoms with Crippen molar-refractivity contribution >= 4 is 0 Å². The Hall–Kier alpha value is -1.02. The summed E-state index contributed by atoms with van der Waals surface area (Å²) in [6.45, 7) is 3.15. The third kappa shape index (κ3) is 3.74. The van der Waals surface area contributed by atoms with Gasteiger partial charge in [-0.25, -0.2) is 0 Å². The lowest BCUT2D eigenvalue weighted by molar-refractivity contribution is -0.0198. The third-order valence-corrected chi connectivity index (χ3v) is 3.85. The van der Waals surface area contributed by atoms with Gasteiger partial charge >= 0.3 is 0 Å². The van der Waals surface area contributed by atoms with E-state index in [-0.39, 0.29) is 6.10 Å². The Morgan fingerprint density at radius 2 is 1.94 bits per heavy atom. The van der Waals surface area contributed by atoms with E-state index in [4.69, 9.17) is 4.74 Å². The van der Waals surface area contributed by atoms with E-state index in [1.54, 1.807) is 12.1 Å². The average Bonchev–Trinajstić information content (AvgIpc) is 2.41. The Balaban J connectivity index is 1.77. The Morgan fingerprint density at radius 1 is 1.17 bits per heavy atom. The number of phenolic OH excluding ortho intramolecular Hbond substituents is 1. The van der Waals surface area contributed by atoms with Crippen LogP contribution in [0, 0.1) is 5.92 Å². The highest BCUT2D eigenvalue weighted by Gasteiger charge is 2.22. The number of aromatic hydroxyl groups is 1. The van der Waals surface area contributed by atoms with Gasteiger partial charge in [0, 0.05) is 0 Å². The molecule has 1 aliphatic rings. The number of phenols is 1. The van der Waals surface area contributed by atoms with Gasteiger partial charge in [0.2, 0.25) is 0 Å². The zero-order valence-corrected chi connectivity index (χ0v) is 11.3. The van der Waals surface area contributed by atoms with Crippen LogP contribution in [0.4, 0.5) is 0 Å². The fourth-order valence-corrected chi connectivity index (χ4v) is 2.67. The molecular weight excluding hydrogens is 224 g/mol. The fraction of sp³-hybridized carbons (Fsp3) is 0.625. The van der Waals surface area contributed by atoms with Gasteiger partial charge in [-0.3, -0.25) is 0 Å². The molecular formula is C16H24O2. The van der Waals surface area contributed by atoms with E-state index in [1.165, 1.54) is 37.7 Å². The van der Waals surface area contributed by atoms with E-state index in [9.17, 15) is 5.11 Å². The van der Waals surface area contributed by atoms with Crippen LogP contribution in [0.3, 0.4) is 0 Å². The van der Waals surface area contributed by atoms with Crippen LogP contribution >= 0.6 is 0 Å². The predicted molar refractivity (Wildman–Crippen MR) is 73.7 cm³/mol. The van der Waals surface area contributed by atoms with E-state index in [0.717, 1.165) is 18.9 Å². The number of benzene rings is 1. The first-order chi connectivity index (χ1) is 8.79. The molecule has 0 saturated carbocycles. The molecule has 2 unspecified atom stereocenters. The maximum Gasteiger partial charge on any atom is 0.115 e. The largest absolute Gasteiger partial charge is 0.508 e. The van der Waals surface area contributed by atoms with Gasteiger partial charge in [0.05, 0.1) is 12.7 Å². The molecule has 0 amide bonds. The zero-order chi connectivity index (χ0) is 12.8. The molecule has 18 heavy (non-hydrogen) atoms. The maximum absolute atomic E-state index is 9.28. The quantitative estimate of drug-likeness (QED) is 0.780. The molecule has 1 N–H and O–H groups in total. The number of unbranched alkanes of at least 4 members (excludes halogenated alkanes) is 2. The van der Waals surface area contributed by atoms with Crippen LogP contribution in [0.5, 0.6) is 5.75 Å². The number of hydrogen-bond acceptors (Lipinski definition) is 2. The van der Waals surface area contributed by atoms with Crippen LogP contribution in [-0.4, -0.2) is 11.7 Å². The second kappa shape index (κ2) is 6.79. The van der Waals surface area contributed by atoms with Crippen molar-refractivity contribution in [3.63, 3.8) is 0 Å². The Bertz CT molecular complexity index is 337. The van der Waals surface area contributed by atoms with Crippen LogP contribution in [0.25, 0.3) is 0 Å². The molecule has 0 aliphatic carbocycles. The Kier molecular flexibility index (Phi) is 5.06. The minimum Gasteiger partial charge on any atom is -0.508 e. The molecule has 2 heteroatoms. The molecule has 1 saturated heterocycles. The molecule has 0 radical (unpaired) electrons. The van der Waals surface area contributed by atoms with Crippen molar-refractivity contribution in [2.24, 2.45) is 5.92 Å². The molecule has 100 valence electrons. The summed E-state index contributed by atoms with van der Waals surface area (Å²) in [5.41, 5.74) is 1.19. The monoisotopic (exact) mass is 248 g/mol. The molecule has 1 aliphatic heterocycles. The Morgan fingerprint density at radius 3 is 2.56 bits per heavy atom. The van der Waals surface area contributed by atoms with E-state index in [1.807, 2.05) is 12.1 Å². The van der Waals surface area contributed by atoms with E-state index in [2.05, 4.69) is 6.92 Å². The number of ether oxygens (including phenoxy) is 1. The highest BCUT2D eigenvalue weighted by molar-refractivity contribution is 5.27. The molecule has 2 atom stereocenters. The van der Waals surface area contributed by atoms with Crippen LogP contribution in [-0.2, 0) is 4.74 Å². The molecule has 2 rings (SSSR count). The van der Waals surface area contributed by atoms with Crippen LogP contribution in [0.15, 0.2) is 24.3 Å². The molecule has 1 aromatic carbocycles. The SMILES string of the molecule is CCCCCC1CCC(c2ccc(O)cc2)OC1. The minimum atomic E-state index is 0.230. The summed E-state index contributed by atoms with van der Waals surface area (Å²) in [6, 6.07) is 7.42. The smallest absolute Gasteiger partial charge is 0.115 e. The van der Waals surface area contributed by atoms with Gasteiger partial charge in [0.25, 0.3) is 0 Å². The van der Waals surface area contributed by atoms with E-state index >= 15 is 0 Å². The van der Waals surface area contributed by atoms with Crippen molar-refractivity contribution in [1.82, 2.24) is 0 Å². The van der Waals surface area contributed by atoms with Gasteiger partial charge in [0.1, 0.15) is 5.75 Å². The molecule has 1 heterocycles. The lowest BCUT2D eigenvalue weighted by atomic mass is 9.91. The summed E-state index contributed by atoms with van der Waals surface area (Å²) < 4.78 is 5.97. The summed E-state index contributed by atoms with van der Waals surface area (Å²) in [5.74, 6) is 1.08. The highest BCUT2D eigenvalue weighted by atomic mass is 16.5. The molecule has 0 spiro atoms. The standard InChI is InChI=1S/C16H24O2/c1-2-3-4-5-13-6-11-16(18-12-13)14-7-9-15(17)10-8-14/h7-10,13,16-17H,2-6,11-12H2,1H3. The topological polar surface area (TPSA) is 29.5 Å². The normalized spacial score (nSPS) is 24.1. The molecule has 0 aromatic heterocycles. The maximum atomic E-state index is 9.28. The molecule has 0 bridgehead atoms. The van der Waals surface area contributed by atoms with Gasteiger partial charge in [-0.2, -0.15) is 0 Å². The van der Waals surface area contributed by atoms with Gasteiger partial charge < -0.3 is 9.84 Å². The number of hydrogen-bond donors (Lipinski definition) is 1. The lowest BCUT2D eigenvalue weighted by Gasteiger charge is -2.29. The van der Waals surface area contributed by atoms with Crippen LogP contribution in [0.1, 0.15) is 57.1 Å². The van der Waals surface area contributed by atoms with Crippen LogP contribution < -0.4 is 0 Å². The summed E-state index contributed by atoms with van der Waals surface area (Å²) in [5, 5.41) is 9.28. The van der Waals surface area contributed by atoms with Gasteiger partial charge in [-0.05, 0) is 42.9 Å². The van der Waals surface area contributed by atoms with Gasteiger partial charge in [-0.15, -0.1) is 0 Å². The minimum absolute atomic E-state index is 0.230. The summed E-state index contributed by atoms with van der Waals surface area (Å²) in [6.07, 6.45) is 7.91. The first-order valence-corrected chi connectivity index (χ1v) is 7.20. The van der Waals surface area contributed by atoms with Crippen LogP contribution in [0.2, 0.25) is 0 Å². The fourth-order valence-electron chi connectivity index (χ4n) is 2.67. The van der Waals surface area contributed by atoms with Crippen molar-refractivity contribution in [2.75, 3.05) is 6.61 Å². The van der Waals surface area contributed by atoms with Crippen molar-refractivity contribution in [3.8, 4) is 5.75 Å². The summed E-state index contributed by atoms with van der Waals surface area (Å²) >= 11 is 0. The highest BCUT2D eigenvalue weighted by Crippen LogP contribution is 2.33. The zero-order valence-electron chi connectivity index (χ0n) is 11.3. The number of rotatable bonds is 5. The van der Waals surface area contributed by atoms with Crippen molar-refractivity contribution in [2.45, 2.75) is 51.6 Å². The second-order valence-corrected chi connectivity index (χ2v) is 5.35. The average molecular weight is 248 g/mol. The van der Waals surface area contributed by atoms with Crippen molar-refractivity contribution in [1.29, 1.82) is 0 Å². The summed E-state index contributed by atoms with van der Waals surface area (Å²) in [4.78, 5) is 0. The lowest BCUT2D eigenvalue weighted by Crippen LogP contribution is -2.20. The first-order valence-electron chi connectivity index (χ1n) is 7.20. The second-order valence-electron chi connectivity index (χ2n) is 5.35.